The molecule has 4 rings (SSSR count). The molecule has 7 heteroatoms. The van der Waals surface area contributed by atoms with E-state index in [4.69, 9.17) is 10.2 Å². The number of amides is 1. The predicted molar refractivity (Wildman–Crippen MR) is 94.1 cm³/mol. The number of carbonyl (C=O) groups excluding carboxylic acids is 1. The molecule has 1 aliphatic heterocycles. The third kappa shape index (κ3) is 2.80. The molecule has 2 N–H and O–H groups in total. The Kier molecular flexibility index (Phi) is 4.01. The second-order valence-corrected chi connectivity index (χ2v) is 6.51. The summed E-state index contributed by atoms with van der Waals surface area (Å²) >= 11 is 0. The molecule has 1 saturated heterocycles. The second kappa shape index (κ2) is 6.33. The van der Waals surface area contributed by atoms with Crippen LogP contribution in [0.2, 0.25) is 0 Å². The fourth-order valence-corrected chi connectivity index (χ4v) is 3.39. The zero-order valence-corrected chi connectivity index (χ0v) is 13.9. The Morgan fingerprint density at radius 2 is 2.04 bits per heavy atom. The van der Waals surface area contributed by atoms with Crippen LogP contribution >= 0.6 is 0 Å². The van der Waals surface area contributed by atoms with Gasteiger partial charge in [0.25, 0.3) is 5.56 Å². The van der Waals surface area contributed by atoms with Crippen LogP contribution in [0.15, 0.2) is 39.8 Å². The zero-order chi connectivity index (χ0) is 17.4. The quantitative estimate of drug-likeness (QED) is 0.776. The summed E-state index contributed by atoms with van der Waals surface area (Å²) in [4.78, 5) is 31.3. The number of nitrogens with zero attached hydrogens (tertiary/aromatic N) is 3. The number of fused-ring (bicyclic) bond motifs is 3. The van der Waals surface area contributed by atoms with Crippen LogP contribution in [0.4, 0.5) is 0 Å². The van der Waals surface area contributed by atoms with Gasteiger partial charge in [-0.1, -0.05) is 12.1 Å². The van der Waals surface area contributed by atoms with Gasteiger partial charge in [0.05, 0.1) is 6.33 Å². The molecule has 2 aromatic heterocycles. The molecule has 7 nitrogen and oxygen atoms in total. The fraction of sp³-hybridized carbons (Fsp3) is 0.389. The van der Waals surface area contributed by atoms with Gasteiger partial charge in [0.2, 0.25) is 11.5 Å². The Balaban J connectivity index is 1.59. The van der Waals surface area contributed by atoms with Gasteiger partial charge in [-0.25, -0.2) is 4.98 Å². The Labute approximate surface area is 144 Å². The summed E-state index contributed by atoms with van der Waals surface area (Å²) in [6, 6.07) is 7.38. The highest BCUT2D eigenvalue weighted by molar-refractivity contribution is 6.01. The lowest BCUT2D eigenvalue weighted by molar-refractivity contribution is -0.133. The molecule has 0 bridgehead atoms. The molecule has 0 saturated carbocycles. The number of piperidine rings is 1. The van der Waals surface area contributed by atoms with Crippen molar-refractivity contribution >= 4 is 28.0 Å². The van der Waals surface area contributed by atoms with Gasteiger partial charge >= 0.3 is 0 Å². The van der Waals surface area contributed by atoms with Crippen molar-refractivity contribution in [1.82, 2.24) is 14.5 Å². The number of likely N-dealkylation sites (tertiary alicyclic amines) is 1. The summed E-state index contributed by atoms with van der Waals surface area (Å²) in [5.41, 5.74) is 6.71. The first-order valence-corrected chi connectivity index (χ1v) is 8.52. The van der Waals surface area contributed by atoms with Gasteiger partial charge in [-0.05, 0) is 37.4 Å². The van der Waals surface area contributed by atoms with Gasteiger partial charge in [-0.2, -0.15) is 0 Å². The van der Waals surface area contributed by atoms with Crippen LogP contribution < -0.4 is 11.3 Å². The highest BCUT2D eigenvalue weighted by atomic mass is 16.3. The molecule has 25 heavy (non-hydrogen) atoms. The van der Waals surface area contributed by atoms with E-state index in [1.54, 1.807) is 11.0 Å². The molecule has 130 valence electrons. The number of para-hydroxylation sites is 1. The highest BCUT2D eigenvalue weighted by Gasteiger charge is 2.23. The molecule has 0 spiro atoms. The minimum Gasteiger partial charge on any atom is -0.448 e. The molecular weight excluding hydrogens is 320 g/mol. The van der Waals surface area contributed by atoms with Gasteiger partial charge in [-0.15, -0.1) is 0 Å². The highest BCUT2D eigenvalue weighted by Crippen LogP contribution is 2.24. The molecule has 1 amide bonds. The maximum atomic E-state index is 12.7. The summed E-state index contributed by atoms with van der Waals surface area (Å²) < 4.78 is 6.97. The van der Waals surface area contributed by atoms with Crippen LogP contribution in [0.3, 0.4) is 0 Å². The van der Waals surface area contributed by atoms with Crippen molar-refractivity contribution in [3.63, 3.8) is 0 Å². The largest absolute Gasteiger partial charge is 0.448 e. The van der Waals surface area contributed by atoms with Crippen molar-refractivity contribution in [3.05, 3.63) is 40.9 Å². The number of benzene rings is 1. The first-order chi connectivity index (χ1) is 12.2. The Hall–Kier alpha value is -2.67. The van der Waals surface area contributed by atoms with E-state index in [1.165, 1.54) is 10.9 Å². The molecule has 3 aromatic rings. The lowest BCUT2D eigenvalue weighted by Crippen LogP contribution is -2.42. The van der Waals surface area contributed by atoms with Gasteiger partial charge in [-0.3, -0.25) is 14.2 Å². The van der Waals surface area contributed by atoms with E-state index >= 15 is 0 Å². The maximum Gasteiger partial charge on any atom is 0.297 e. The van der Waals surface area contributed by atoms with Crippen LogP contribution in [0.25, 0.3) is 22.1 Å². The lowest BCUT2D eigenvalue weighted by atomic mass is 9.97. The van der Waals surface area contributed by atoms with E-state index in [1.807, 2.05) is 18.2 Å². The molecule has 0 radical (unpaired) electrons. The maximum absolute atomic E-state index is 12.7. The van der Waals surface area contributed by atoms with Crippen molar-refractivity contribution in [2.45, 2.75) is 19.4 Å². The average Bonchev–Trinajstić information content (AvgIpc) is 3.03. The molecule has 1 fully saturated rings. The van der Waals surface area contributed by atoms with Gasteiger partial charge in [0.15, 0.2) is 0 Å². The van der Waals surface area contributed by atoms with Crippen LogP contribution in [-0.2, 0) is 11.3 Å². The summed E-state index contributed by atoms with van der Waals surface area (Å²) in [7, 11) is 0. The third-order valence-corrected chi connectivity index (χ3v) is 4.96. The number of aromatic nitrogens is 2. The monoisotopic (exact) mass is 340 g/mol. The Morgan fingerprint density at radius 1 is 1.28 bits per heavy atom. The van der Waals surface area contributed by atoms with Crippen LogP contribution in [0.5, 0.6) is 0 Å². The molecule has 0 aliphatic carbocycles. The van der Waals surface area contributed by atoms with Crippen molar-refractivity contribution < 1.29 is 9.21 Å². The van der Waals surface area contributed by atoms with Crippen molar-refractivity contribution in [3.8, 4) is 0 Å². The zero-order valence-electron chi connectivity index (χ0n) is 13.9. The van der Waals surface area contributed by atoms with Crippen LogP contribution in [0.1, 0.15) is 12.8 Å². The van der Waals surface area contributed by atoms with Gasteiger partial charge < -0.3 is 15.1 Å². The first kappa shape index (κ1) is 15.8. The number of furan rings is 1. The molecule has 1 aromatic carbocycles. The molecule has 0 unspecified atom stereocenters. The van der Waals surface area contributed by atoms with E-state index in [-0.39, 0.29) is 23.6 Å². The Morgan fingerprint density at radius 3 is 2.80 bits per heavy atom. The summed E-state index contributed by atoms with van der Waals surface area (Å²) in [5, 5.41) is 0.803. The standard InChI is InChI=1S/C18H20N4O3/c19-9-12-5-7-21(8-6-12)15(23)10-22-11-20-16-13-3-1-2-4-14(13)25-17(16)18(22)24/h1-4,11-12H,5-10,19H2. The SMILES string of the molecule is NCC1CCN(C(=O)Cn2cnc3c(oc4ccccc43)c2=O)CC1. The van der Waals surface area contributed by atoms with E-state index in [0.717, 1.165) is 18.2 Å². The number of carbonyl (C=O) groups is 1. The number of nitrogens with two attached hydrogens (primary N) is 1. The predicted octanol–water partition coefficient (Wildman–Crippen LogP) is 1.34. The minimum absolute atomic E-state index is 0.0217. The molecule has 0 atom stereocenters. The van der Waals surface area contributed by atoms with E-state index < -0.39 is 0 Å². The number of rotatable bonds is 3. The van der Waals surface area contributed by atoms with Gasteiger partial charge in [0.1, 0.15) is 17.6 Å². The van der Waals surface area contributed by atoms with Crippen LogP contribution in [-0.4, -0.2) is 40.0 Å². The van der Waals surface area contributed by atoms with Crippen LogP contribution in [0, 0.1) is 5.92 Å². The van der Waals surface area contributed by atoms with E-state index in [0.29, 0.717) is 36.7 Å². The summed E-state index contributed by atoms with van der Waals surface area (Å²) in [6.45, 7) is 2.02. The third-order valence-electron chi connectivity index (χ3n) is 4.96. The first-order valence-electron chi connectivity index (χ1n) is 8.52. The normalized spacial score (nSPS) is 16.0. The van der Waals surface area contributed by atoms with E-state index in [2.05, 4.69) is 4.98 Å². The van der Waals surface area contributed by atoms with Crippen molar-refractivity contribution in [1.29, 1.82) is 0 Å². The molecular formula is C18H20N4O3. The summed E-state index contributed by atoms with van der Waals surface area (Å²) in [5.74, 6) is 0.412. The smallest absolute Gasteiger partial charge is 0.297 e. The lowest BCUT2D eigenvalue weighted by Gasteiger charge is -2.31. The van der Waals surface area contributed by atoms with Gasteiger partial charge in [0, 0.05) is 18.5 Å². The second-order valence-electron chi connectivity index (χ2n) is 6.51. The fourth-order valence-electron chi connectivity index (χ4n) is 3.39. The van der Waals surface area contributed by atoms with Crippen molar-refractivity contribution in [2.24, 2.45) is 11.7 Å². The average molecular weight is 340 g/mol. The molecule has 3 heterocycles. The number of hydrogen-bond donors (Lipinski definition) is 1. The number of hydrogen-bond acceptors (Lipinski definition) is 5. The Bertz CT molecular complexity index is 983. The summed E-state index contributed by atoms with van der Waals surface area (Å²) in [6.07, 6.45) is 3.26. The topological polar surface area (TPSA) is 94.4 Å². The minimum atomic E-state index is -0.327. The van der Waals surface area contributed by atoms with E-state index in [9.17, 15) is 9.59 Å². The van der Waals surface area contributed by atoms with Crippen molar-refractivity contribution in [2.75, 3.05) is 19.6 Å². The molecule has 1 aliphatic rings.